The fourth-order valence-corrected chi connectivity index (χ4v) is 0.960. The first-order valence-corrected chi connectivity index (χ1v) is 4.10. The lowest BCUT2D eigenvalue weighted by molar-refractivity contribution is 0.682. The van der Waals surface area contributed by atoms with Crippen molar-refractivity contribution in [3.05, 3.63) is 36.2 Å². The van der Waals surface area contributed by atoms with E-state index in [4.69, 9.17) is 5.26 Å². The van der Waals surface area contributed by atoms with E-state index in [9.17, 15) is 0 Å². The van der Waals surface area contributed by atoms with Crippen molar-refractivity contribution in [2.45, 2.75) is 19.3 Å². The standard InChI is InChI=1S/C11H12N2/c1-4-10-6-5-9(7-13-10)11(2,3)8-12/h4-7H,1H2,2-3H3. The Balaban J connectivity index is 3.07. The molecule has 0 aliphatic heterocycles. The fourth-order valence-electron chi connectivity index (χ4n) is 0.960. The molecule has 0 atom stereocenters. The Labute approximate surface area is 78.5 Å². The molecule has 0 unspecified atom stereocenters. The van der Waals surface area contributed by atoms with E-state index in [1.54, 1.807) is 12.3 Å². The van der Waals surface area contributed by atoms with Crippen molar-refractivity contribution in [1.29, 1.82) is 5.26 Å². The van der Waals surface area contributed by atoms with Gasteiger partial charge >= 0.3 is 0 Å². The summed E-state index contributed by atoms with van der Waals surface area (Å²) in [5, 5.41) is 8.88. The number of hydrogen-bond acceptors (Lipinski definition) is 2. The molecule has 2 heteroatoms. The number of nitrogens with zero attached hydrogens (tertiary/aromatic N) is 2. The number of pyridine rings is 1. The average molecular weight is 172 g/mol. The SMILES string of the molecule is C=Cc1ccc(C(C)(C)C#N)cn1. The van der Waals surface area contributed by atoms with Crippen LogP contribution in [0.3, 0.4) is 0 Å². The molecule has 0 fully saturated rings. The maximum atomic E-state index is 8.88. The Hall–Kier alpha value is -1.62. The van der Waals surface area contributed by atoms with Crippen LogP contribution in [-0.4, -0.2) is 4.98 Å². The molecule has 0 N–H and O–H groups in total. The molecule has 0 radical (unpaired) electrons. The lowest BCUT2D eigenvalue weighted by Crippen LogP contribution is -2.13. The second-order valence-corrected chi connectivity index (χ2v) is 3.41. The third-order valence-corrected chi connectivity index (χ3v) is 2.00. The zero-order valence-corrected chi connectivity index (χ0v) is 7.91. The van der Waals surface area contributed by atoms with Crippen LogP contribution >= 0.6 is 0 Å². The van der Waals surface area contributed by atoms with Crippen LogP contribution in [-0.2, 0) is 5.41 Å². The van der Waals surface area contributed by atoms with E-state index in [1.807, 2.05) is 26.0 Å². The maximum Gasteiger partial charge on any atom is 0.0781 e. The Kier molecular flexibility index (Phi) is 2.48. The topological polar surface area (TPSA) is 36.7 Å². The van der Waals surface area contributed by atoms with E-state index >= 15 is 0 Å². The van der Waals surface area contributed by atoms with Crippen LogP contribution in [0.1, 0.15) is 25.1 Å². The van der Waals surface area contributed by atoms with Gasteiger partial charge in [-0.2, -0.15) is 5.26 Å². The van der Waals surface area contributed by atoms with Crippen molar-refractivity contribution in [3.63, 3.8) is 0 Å². The van der Waals surface area contributed by atoms with Crippen LogP contribution in [0.15, 0.2) is 24.9 Å². The molecular weight excluding hydrogens is 160 g/mol. The van der Waals surface area contributed by atoms with Crippen LogP contribution in [0, 0.1) is 11.3 Å². The summed E-state index contributed by atoms with van der Waals surface area (Å²) in [6.45, 7) is 7.36. The van der Waals surface area contributed by atoms with E-state index < -0.39 is 5.41 Å². The molecule has 0 saturated carbocycles. The highest BCUT2D eigenvalue weighted by atomic mass is 14.7. The molecule has 13 heavy (non-hydrogen) atoms. The van der Waals surface area contributed by atoms with Gasteiger partial charge in [0.2, 0.25) is 0 Å². The molecule has 66 valence electrons. The van der Waals surface area contributed by atoms with Crippen LogP contribution < -0.4 is 0 Å². The first kappa shape index (κ1) is 9.47. The van der Waals surface area contributed by atoms with Gasteiger partial charge in [0.05, 0.1) is 17.2 Å². The average Bonchev–Trinajstić information content (AvgIpc) is 2.18. The third-order valence-electron chi connectivity index (χ3n) is 2.00. The van der Waals surface area contributed by atoms with Crippen LogP contribution in [0.25, 0.3) is 6.08 Å². The summed E-state index contributed by atoms with van der Waals surface area (Å²) < 4.78 is 0. The first-order chi connectivity index (χ1) is 6.10. The molecule has 1 rings (SSSR count). The second kappa shape index (κ2) is 3.40. The highest BCUT2D eigenvalue weighted by molar-refractivity contribution is 5.42. The molecule has 0 bridgehead atoms. The predicted molar refractivity (Wildman–Crippen MR) is 53.0 cm³/mol. The Morgan fingerprint density at radius 3 is 2.62 bits per heavy atom. The summed E-state index contributed by atoms with van der Waals surface area (Å²) in [7, 11) is 0. The minimum atomic E-state index is -0.466. The highest BCUT2D eigenvalue weighted by Crippen LogP contribution is 2.21. The number of nitriles is 1. The molecule has 0 amide bonds. The molecule has 0 aliphatic rings. The van der Waals surface area contributed by atoms with E-state index in [1.165, 1.54) is 0 Å². The number of rotatable bonds is 2. The van der Waals surface area contributed by atoms with E-state index in [0.29, 0.717) is 0 Å². The third kappa shape index (κ3) is 1.94. The molecule has 1 heterocycles. The first-order valence-electron chi connectivity index (χ1n) is 4.10. The van der Waals surface area contributed by atoms with Gasteiger partial charge in [0, 0.05) is 6.20 Å². The molecule has 1 aromatic heterocycles. The zero-order valence-electron chi connectivity index (χ0n) is 7.91. The van der Waals surface area contributed by atoms with Crippen molar-refractivity contribution < 1.29 is 0 Å². The van der Waals surface area contributed by atoms with Gasteiger partial charge < -0.3 is 0 Å². The van der Waals surface area contributed by atoms with Crippen LogP contribution in [0.2, 0.25) is 0 Å². The minimum absolute atomic E-state index is 0.466. The maximum absolute atomic E-state index is 8.88. The van der Waals surface area contributed by atoms with Crippen molar-refractivity contribution in [3.8, 4) is 6.07 Å². The number of aromatic nitrogens is 1. The van der Waals surface area contributed by atoms with E-state index in [2.05, 4.69) is 17.6 Å². The predicted octanol–water partition coefficient (Wildman–Crippen LogP) is 2.53. The summed E-state index contributed by atoms with van der Waals surface area (Å²) in [5.74, 6) is 0. The van der Waals surface area contributed by atoms with Gasteiger partial charge in [-0.05, 0) is 31.6 Å². The fraction of sp³-hybridized carbons (Fsp3) is 0.273. The molecular formula is C11H12N2. The Bertz CT molecular complexity index is 341. The summed E-state index contributed by atoms with van der Waals surface area (Å²) in [5.41, 5.74) is 1.30. The van der Waals surface area contributed by atoms with Crippen LogP contribution in [0.5, 0.6) is 0 Å². The summed E-state index contributed by atoms with van der Waals surface area (Å²) in [6, 6.07) is 6.00. The normalized spacial score (nSPS) is 10.5. The highest BCUT2D eigenvalue weighted by Gasteiger charge is 2.19. The lowest BCUT2D eigenvalue weighted by atomic mass is 9.87. The molecule has 0 aliphatic carbocycles. The molecule has 0 aromatic carbocycles. The monoisotopic (exact) mass is 172 g/mol. The minimum Gasteiger partial charge on any atom is -0.257 e. The Morgan fingerprint density at radius 1 is 1.54 bits per heavy atom. The van der Waals surface area contributed by atoms with Gasteiger partial charge in [-0.15, -0.1) is 0 Å². The quantitative estimate of drug-likeness (QED) is 0.687. The van der Waals surface area contributed by atoms with Crippen LogP contribution in [0.4, 0.5) is 0 Å². The lowest BCUT2D eigenvalue weighted by Gasteiger charge is -2.14. The zero-order chi connectivity index (χ0) is 9.90. The number of hydrogen-bond donors (Lipinski definition) is 0. The van der Waals surface area contributed by atoms with E-state index in [-0.39, 0.29) is 0 Å². The van der Waals surface area contributed by atoms with E-state index in [0.717, 1.165) is 11.3 Å². The van der Waals surface area contributed by atoms with Gasteiger partial charge in [0.25, 0.3) is 0 Å². The second-order valence-electron chi connectivity index (χ2n) is 3.41. The molecule has 1 aromatic rings. The summed E-state index contributed by atoms with van der Waals surface area (Å²) >= 11 is 0. The largest absolute Gasteiger partial charge is 0.257 e. The van der Waals surface area contributed by atoms with Gasteiger partial charge in [0.1, 0.15) is 0 Å². The Morgan fingerprint density at radius 2 is 2.23 bits per heavy atom. The molecule has 0 saturated heterocycles. The van der Waals surface area contributed by atoms with Crippen molar-refractivity contribution in [2.24, 2.45) is 0 Å². The molecule has 2 nitrogen and oxygen atoms in total. The van der Waals surface area contributed by atoms with Gasteiger partial charge in [-0.1, -0.05) is 12.6 Å². The van der Waals surface area contributed by atoms with Crippen molar-refractivity contribution in [1.82, 2.24) is 4.98 Å². The molecule has 0 spiro atoms. The van der Waals surface area contributed by atoms with Crippen molar-refractivity contribution >= 4 is 6.08 Å². The smallest absolute Gasteiger partial charge is 0.0781 e. The van der Waals surface area contributed by atoms with Gasteiger partial charge in [0.15, 0.2) is 0 Å². The van der Waals surface area contributed by atoms with Crippen molar-refractivity contribution in [2.75, 3.05) is 0 Å². The van der Waals surface area contributed by atoms with Gasteiger partial charge in [-0.3, -0.25) is 4.98 Å². The summed E-state index contributed by atoms with van der Waals surface area (Å²) in [6.07, 6.45) is 3.41. The summed E-state index contributed by atoms with van der Waals surface area (Å²) in [4.78, 5) is 4.14. The van der Waals surface area contributed by atoms with Gasteiger partial charge in [-0.25, -0.2) is 0 Å².